The third kappa shape index (κ3) is 5.64. The highest BCUT2D eigenvalue weighted by Crippen LogP contribution is 2.23. The van der Waals surface area contributed by atoms with Crippen LogP contribution in [-0.2, 0) is 16.1 Å². The maximum absolute atomic E-state index is 12.9. The number of aliphatic carboxylic acids is 1. The van der Waals surface area contributed by atoms with Crippen molar-refractivity contribution in [3.05, 3.63) is 66.2 Å². The van der Waals surface area contributed by atoms with Gasteiger partial charge in [0.1, 0.15) is 6.61 Å². The van der Waals surface area contributed by atoms with E-state index in [0.29, 0.717) is 17.2 Å². The zero-order valence-electron chi connectivity index (χ0n) is 15.9. The third-order valence-electron chi connectivity index (χ3n) is 4.56. The Kier molecular flexibility index (Phi) is 8.17. The molecular formula is C21H24NO4S2+. The lowest BCUT2D eigenvalue weighted by atomic mass is 10.2. The molecule has 2 aromatic carbocycles. The van der Waals surface area contributed by atoms with Gasteiger partial charge in [0.05, 0.1) is 7.05 Å². The maximum Gasteiger partial charge on any atom is 0.522 e. The van der Waals surface area contributed by atoms with Crippen molar-refractivity contribution in [1.82, 2.24) is 0 Å². The summed E-state index contributed by atoms with van der Waals surface area (Å²) in [6, 6.07) is 18.1. The highest BCUT2D eigenvalue weighted by atomic mass is 32.2. The largest absolute Gasteiger partial charge is 0.522 e. The molecule has 0 aliphatic carbocycles. The number of carboxylic acid groups (broad SMARTS) is 1. The molecule has 5 nitrogen and oxygen atoms in total. The lowest BCUT2D eigenvalue weighted by Crippen LogP contribution is -2.61. The van der Waals surface area contributed by atoms with Crippen LogP contribution < -0.4 is 0 Å². The molecule has 0 aromatic heterocycles. The zero-order chi connectivity index (χ0) is 20.6. The Balaban J connectivity index is 2.06. The average molecular weight is 419 g/mol. The highest BCUT2D eigenvalue weighted by molar-refractivity contribution is 7.99. The number of carboxylic acids is 1. The summed E-state index contributed by atoms with van der Waals surface area (Å²) in [6.45, 7) is 1.55. The summed E-state index contributed by atoms with van der Waals surface area (Å²) in [7, 11) is 1.52. The predicted octanol–water partition coefficient (Wildman–Crippen LogP) is 4.75. The molecule has 0 aliphatic rings. The minimum absolute atomic E-state index is 0.0707. The van der Waals surface area contributed by atoms with Gasteiger partial charge in [-0.05, 0) is 29.9 Å². The quantitative estimate of drug-likeness (QED) is 0.379. The van der Waals surface area contributed by atoms with Crippen LogP contribution in [-0.4, -0.2) is 45.5 Å². The van der Waals surface area contributed by atoms with E-state index in [0.717, 1.165) is 10.5 Å². The van der Waals surface area contributed by atoms with Crippen molar-refractivity contribution in [2.24, 2.45) is 0 Å². The predicted molar refractivity (Wildman–Crippen MR) is 114 cm³/mol. The first-order valence-corrected chi connectivity index (χ1v) is 10.3. The number of rotatable bonds is 8. The van der Waals surface area contributed by atoms with Crippen LogP contribution in [0.3, 0.4) is 0 Å². The first kappa shape index (κ1) is 22.1. The van der Waals surface area contributed by atoms with E-state index in [-0.39, 0.29) is 6.61 Å². The smallest absolute Gasteiger partial charge is 0.477 e. The van der Waals surface area contributed by atoms with E-state index >= 15 is 0 Å². The molecule has 0 heterocycles. The molecule has 0 saturated heterocycles. The number of amides is 1. The molecule has 2 rings (SSSR count). The van der Waals surface area contributed by atoms with E-state index < -0.39 is 22.6 Å². The lowest BCUT2D eigenvalue weighted by Gasteiger charge is -2.33. The first-order valence-electron chi connectivity index (χ1n) is 8.87. The summed E-state index contributed by atoms with van der Waals surface area (Å²) >= 11 is 7.11. The fourth-order valence-corrected chi connectivity index (χ4v) is 3.90. The number of ether oxygens (including phenoxy) is 1. The number of thiocarbonyl (C=S) groups is 1. The number of thioether (sulfide) groups is 1. The Hall–Kier alpha value is -2.22. The van der Waals surface area contributed by atoms with Gasteiger partial charge in [0, 0.05) is 24.0 Å². The summed E-state index contributed by atoms with van der Waals surface area (Å²) in [5.41, 5.74) is 0.830. The van der Waals surface area contributed by atoms with E-state index in [2.05, 4.69) is 0 Å². The average Bonchev–Trinajstić information content (AvgIpc) is 2.72. The number of carbonyl (C=O) groups excluding carboxylic acids is 1. The van der Waals surface area contributed by atoms with E-state index in [1.165, 1.54) is 14.0 Å². The van der Waals surface area contributed by atoms with Crippen molar-refractivity contribution >= 4 is 41.0 Å². The Labute approximate surface area is 174 Å². The highest BCUT2D eigenvalue weighted by Gasteiger charge is 2.47. The van der Waals surface area contributed by atoms with Crippen LogP contribution in [0, 0.1) is 0 Å². The second kappa shape index (κ2) is 10.4. The van der Waals surface area contributed by atoms with Gasteiger partial charge < -0.3 is 9.84 Å². The molecular weight excluding hydrogens is 394 g/mol. The molecule has 0 spiro atoms. The molecule has 0 radical (unpaired) electrons. The van der Waals surface area contributed by atoms with E-state index in [1.54, 1.807) is 11.8 Å². The number of hydrogen-bond donors (Lipinski definition) is 1. The molecule has 0 saturated carbocycles. The number of likely N-dealkylation sites (N-methyl/N-ethyl adjacent to an activating group) is 1. The van der Waals surface area contributed by atoms with Gasteiger partial charge in [0.15, 0.2) is 11.0 Å². The molecule has 2 atom stereocenters. The topological polar surface area (TPSA) is 63.6 Å². The van der Waals surface area contributed by atoms with Gasteiger partial charge in [-0.25, -0.2) is 4.79 Å². The van der Waals surface area contributed by atoms with Crippen LogP contribution in [0.15, 0.2) is 65.6 Å². The first-order chi connectivity index (χ1) is 13.4. The van der Waals surface area contributed by atoms with Crippen molar-refractivity contribution in [1.29, 1.82) is 0 Å². The van der Waals surface area contributed by atoms with Crippen LogP contribution in [0.2, 0.25) is 0 Å². The fourth-order valence-electron chi connectivity index (χ4n) is 2.56. The lowest BCUT2D eigenvalue weighted by molar-refractivity contribution is -0.761. The van der Waals surface area contributed by atoms with E-state index in [4.69, 9.17) is 17.0 Å². The van der Waals surface area contributed by atoms with Gasteiger partial charge in [0.25, 0.3) is 0 Å². The summed E-state index contributed by atoms with van der Waals surface area (Å²) in [6.07, 6.45) is -0.239. The fraction of sp³-hybridized carbons (Fsp3) is 0.286. The molecule has 2 aromatic rings. The van der Waals surface area contributed by atoms with E-state index in [1.807, 2.05) is 60.7 Å². The maximum atomic E-state index is 12.9. The van der Waals surface area contributed by atoms with Gasteiger partial charge in [-0.15, -0.1) is 11.8 Å². The van der Waals surface area contributed by atoms with Crippen LogP contribution >= 0.6 is 24.0 Å². The zero-order valence-corrected chi connectivity index (χ0v) is 17.5. The van der Waals surface area contributed by atoms with Crippen molar-refractivity contribution in [2.75, 3.05) is 12.8 Å². The van der Waals surface area contributed by atoms with Crippen LogP contribution in [0.25, 0.3) is 0 Å². The summed E-state index contributed by atoms with van der Waals surface area (Å²) in [4.78, 5) is 25.9. The van der Waals surface area contributed by atoms with Crippen molar-refractivity contribution in [2.45, 2.75) is 30.9 Å². The Bertz CT molecular complexity index is 814. The molecule has 7 heteroatoms. The minimum Gasteiger partial charge on any atom is -0.477 e. The number of hydrogen-bond acceptors (Lipinski definition) is 5. The van der Waals surface area contributed by atoms with Crippen LogP contribution in [0.5, 0.6) is 0 Å². The number of nitrogens with zero attached hydrogens (tertiary/aromatic N) is 1. The Morgan fingerprint density at radius 3 is 2.25 bits per heavy atom. The molecule has 0 aliphatic heterocycles. The van der Waals surface area contributed by atoms with E-state index in [9.17, 15) is 14.7 Å². The molecule has 148 valence electrons. The molecule has 1 amide bonds. The van der Waals surface area contributed by atoms with Gasteiger partial charge in [-0.2, -0.15) is 9.28 Å². The molecule has 0 bridgehead atoms. The van der Waals surface area contributed by atoms with Gasteiger partial charge in [-0.3, -0.25) is 0 Å². The number of quaternary nitrogens is 1. The monoisotopic (exact) mass is 418 g/mol. The molecule has 0 fully saturated rings. The molecule has 28 heavy (non-hydrogen) atoms. The normalized spacial score (nSPS) is 13.9. The number of benzene rings is 2. The van der Waals surface area contributed by atoms with Crippen LogP contribution in [0.4, 0.5) is 4.79 Å². The standard InChI is InChI=1S/C21H23NO4S2/c1-16(20(23)24)22(2,21(25)26-15-17-9-5-3-6-10-17)19(27)13-14-28-18-11-7-4-8-12-18/h3-12,16H,13-15H2,1-2H3/p+1/t16-,22?/m0/s1. The Morgan fingerprint density at radius 2 is 1.68 bits per heavy atom. The van der Waals surface area contributed by atoms with Crippen molar-refractivity contribution in [3.8, 4) is 0 Å². The molecule has 1 unspecified atom stereocenters. The SMILES string of the molecule is C[C@@H](C(=O)O)[N+](C)(C(=O)OCc1ccccc1)C(=S)CCSc1ccccc1. The molecule has 1 N–H and O–H groups in total. The summed E-state index contributed by atoms with van der Waals surface area (Å²) in [5.74, 6) is -0.452. The third-order valence-corrected chi connectivity index (χ3v) is 6.16. The van der Waals surface area contributed by atoms with Crippen molar-refractivity contribution < 1.29 is 23.9 Å². The second-order valence-electron chi connectivity index (χ2n) is 6.44. The minimum atomic E-state index is -1.10. The summed E-state index contributed by atoms with van der Waals surface area (Å²) in [5, 5.41) is 9.52. The van der Waals surface area contributed by atoms with Crippen molar-refractivity contribution in [3.63, 3.8) is 0 Å². The van der Waals surface area contributed by atoms with Crippen LogP contribution in [0.1, 0.15) is 18.9 Å². The Morgan fingerprint density at radius 1 is 1.11 bits per heavy atom. The van der Waals surface area contributed by atoms with Gasteiger partial charge in [-0.1, -0.05) is 48.5 Å². The second-order valence-corrected chi connectivity index (χ2v) is 8.07. The van der Waals surface area contributed by atoms with Gasteiger partial charge >= 0.3 is 12.1 Å². The summed E-state index contributed by atoms with van der Waals surface area (Å²) < 4.78 is 4.86. The van der Waals surface area contributed by atoms with Gasteiger partial charge in [0.2, 0.25) is 0 Å². The number of carbonyl (C=O) groups is 2.